The highest BCUT2D eigenvalue weighted by molar-refractivity contribution is 5.91. The largest absolute Gasteiger partial charge is 0.444 e. The van der Waals surface area contributed by atoms with Crippen molar-refractivity contribution in [1.82, 2.24) is 15.2 Å². The Labute approximate surface area is 228 Å². The molecule has 0 radical (unpaired) electrons. The van der Waals surface area contributed by atoms with Gasteiger partial charge in [-0.2, -0.15) is 0 Å². The molecule has 1 aromatic heterocycles. The van der Waals surface area contributed by atoms with Crippen molar-refractivity contribution in [2.24, 2.45) is 5.92 Å². The number of aromatic nitrogens is 1. The fraction of sp³-hybridized carbons (Fsp3) is 0.621. The monoisotopic (exact) mass is 542 g/mol. The molecule has 2 unspecified atom stereocenters. The molecule has 1 aromatic carbocycles. The molecule has 3 fully saturated rings. The van der Waals surface area contributed by atoms with Gasteiger partial charge in [-0.1, -0.05) is 0 Å². The van der Waals surface area contributed by atoms with E-state index in [2.05, 4.69) is 10.6 Å². The Bertz CT molecular complexity index is 1400. The predicted molar refractivity (Wildman–Crippen MR) is 147 cm³/mol. The SMILES string of the molecule is Cc1c(N2CC3CC3(NC(=O)OC(C)(C)C)C2)c(F)cc2c(CNC(=O)OC(C)(C)C)cc(=O)n(C3CC3)c12. The normalized spacial score (nSPS) is 22.5. The number of hydrogen-bond donors (Lipinski definition) is 2. The van der Waals surface area contributed by atoms with Gasteiger partial charge in [0.05, 0.1) is 16.7 Å². The van der Waals surface area contributed by atoms with Crippen LogP contribution in [-0.4, -0.2) is 46.6 Å². The Morgan fingerprint density at radius 3 is 2.33 bits per heavy atom. The van der Waals surface area contributed by atoms with E-state index in [1.165, 1.54) is 12.1 Å². The number of nitrogens with one attached hydrogen (secondary N) is 2. The standard InChI is InChI=1S/C29H39FN4O5/c1-16-23-20(17(10-22(35)34(23)19-8-9-19)13-31-25(36)38-27(2,3)4)11-21(30)24(16)33-14-18-12-29(18,15-33)32-26(37)39-28(5,6)7/h10-11,18-19H,8-9,12-15H2,1-7H3,(H,31,36)(H,32,37). The summed E-state index contributed by atoms with van der Waals surface area (Å²) >= 11 is 0. The number of halogens is 1. The summed E-state index contributed by atoms with van der Waals surface area (Å²) in [5.74, 6) is -0.192. The van der Waals surface area contributed by atoms with Gasteiger partial charge in [-0.3, -0.25) is 4.79 Å². The lowest BCUT2D eigenvalue weighted by Gasteiger charge is -2.28. The van der Waals surface area contributed by atoms with Crippen LogP contribution in [0.2, 0.25) is 0 Å². The molecule has 39 heavy (non-hydrogen) atoms. The zero-order valence-corrected chi connectivity index (χ0v) is 23.9. The molecule has 2 N–H and O–H groups in total. The summed E-state index contributed by atoms with van der Waals surface area (Å²) in [5.41, 5.74) is 0.492. The summed E-state index contributed by atoms with van der Waals surface area (Å²) in [7, 11) is 0. The predicted octanol–water partition coefficient (Wildman–Crippen LogP) is 4.91. The van der Waals surface area contributed by atoms with E-state index in [0.29, 0.717) is 40.8 Å². The number of hydrogen-bond acceptors (Lipinski definition) is 6. The Kier molecular flexibility index (Phi) is 6.38. The van der Waals surface area contributed by atoms with Crippen LogP contribution in [0, 0.1) is 18.7 Å². The van der Waals surface area contributed by atoms with Crippen molar-refractivity contribution in [1.29, 1.82) is 0 Å². The lowest BCUT2D eigenvalue weighted by atomic mass is 10.0. The maximum atomic E-state index is 15.9. The smallest absolute Gasteiger partial charge is 0.408 e. The van der Waals surface area contributed by atoms with Crippen LogP contribution in [0.5, 0.6) is 0 Å². The topological polar surface area (TPSA) is 102 Å². The average molecular weight is 543 g/mol. The molecule has 3 aliphatic rings. The number of nitrogens with zero attached hydrogens (tertiary/aromatic N) is 2. The molecule has 2 atom stereocenters. The number of pyridine rings is 1. The van der Waals surface area contributed by atoms with Crippen LogP contribution in [0.1, 0.15) is 78.0 Å². The first-order valence-electron chi connectivity index (χ1n) is 13.7. The van der Waals surface area contributed by atoms with Crippen molar-refractivity contribution in [2.45, 2.75) is 97.1 Å². The van der Waals surface area contributed by atoms with Gasteiger partial charge < -0.3 is 29.6 Å². The van der Waals surface area contributed by atoms with E-state index in [0.717, 1.165) is 19.3 Å². The van der Waals surface area contributed by atoms with Crippen LogP contribution in [0.3, 0.4) is 0 Å². The van der Waals surface area contributed by atoms with E-state index in [4.69, 9.17) is 9.47 Å². The second kappa shape index (κ2) is 9.13. The number of aryl methyl sites for hydroxylation is 1. The molecule has 2 amide bonds. The van der Waals surface area contributed by atoms with Gasteiger partial charge in [0.25, 0.3) is 5.56 Å². The van der Waals surface area contributed by atoms with Gasteiger partial charge in [-0.05, 0) is 84.9 Å². The van der Waals surface area contributed by atoms with Crippen molar-refractivity contribution in [3.63, 3.8) is 0 Å². The highest BCUT2D eigenvalue weighted by atomic mass is 19.1. The number of piperidine rings is 1. The van der Waals surface area contributed by atoms with Crippen LogP contribution in [-0.2, 0) is 16.0 Å². The molecular weight excluding hydrogens is 503 g/mol. The molecule has 2 aliphatic carbocycles. The van der Waals surface area contributed by atoms with Crippen molar-refractivity contribution >= 4 is 28.8 Å². The summed E-state index contributed by atoms with van der Waals surface area (Å²) < 4.78 is 28.4. The Morgan fingerprint density at radius 2 is 1.72 bits per heavy atom. The number of anilines is 1. The Balaban J connectivity index is 1.47. The van der Waals surface area contributed by atoms with Gasteiger partial charge in [-0.25, -0.2) is 14.0 Å². The second-order valence-electron chi connectivity index (χ2n) is 13.3. The number of ether oxygens (including phenoxy) is 2. The lowest BCUT2D eigenvalue weighted by Crippen LogP contribution is -2.44. The quantitative estimate of drug-likeness (QED) is 0.557. The van der Waals surface area contributed by atoms with E-state index in [1.807, 2.05) is 32.6 Å². The number of amides is 2. The van der Waals surface area contributed by atoms with Crippen molar-refractivity contribution in [3.05, 3.63) is 39.4 Å². The third-order valence-electron chi connectivity index (χ3n) is 7.53. The molecule has 1 saturated heterocycles. The Hall–Kier alpha value is -3.30. The Morgan fingerprint density at radius 1 is 1.08 bits per heavy atom. The van der Waals surface area contributed by atoms with Crippen LogP contribution in [0.15, 0.2) is 16.9 Å². The number of benzene rings is 1. The van der Waals surface area contributed by atoms with Crippen LogP contribution in [0.25, 0.3) is 10.9 Å². The number of alkyl carbamates (subject to hydrolysis) is 2. The van der Waals surface area contributed by atoms with Crippen LogP contribution >= 0.6 is 0 Å². The maximum absolute atomic E-state index is 15.9. The molecule has 0 spiro atoms. The highest BCUT2D eigenvalue weighted by Gasteiger charge is 2.62. The van der Waals surface area contributed by atoms with E-state index in [9.17, 15) is 14.4 Å². The minimum Gasteiger partial charge on any atom is -0.444 e. The van der Waals surface area contributed by atoms with Crippen molar-refractivity contribution in [2.75, 3.05) is 18.0 Å². The van der Waals surface area contributed by atoms with Crippen molar-refractivity contribution in [3.8, 4) is 0 Å². The van der Waals surface area contributed by atoms with Gasteiger partial charge in [0.1, 0.15) is 17.0 Å². The summed E-state index contributed by atoms with van der Waals surface area (Å²) in [6.07, 6.45) is 1.54. The minimum atomic E-state index is -0.661. The van der Waals surface area contributed by atoms with E-state index < -0.39 is 34.7 Å². The average Bonchev–Trinajstić information content (AvgIpc) is 3.68. The van der Waals surface area contributed by atoms with Gasteiger partial charge in [-0.15, -0.1) is 0 Å². The molecule has 2 saturated carbocycles. The van der Waals surface area contributed by atoms with Gasteiger partial charge >= 0.3 is 12.2 Å². The van der Waals surface area contributed by atoms with Gasteiger partial charge in [0.2, 0.25) is 0 Å². The minimum absolute atomic E-state index is 0.0408. The van der Waals surface area contributed by atoms with Gasteiger partial charge in [0, 0.05) is 43.0 Å². The third-order valence-corrected chi connectivity index (χ3v) is 7.53. The first-order chi connectivity index (χ1) is 18.1. The molecule has 2 aromatic rings. The van der Waals surface area contributed by atoms with E-state index >= 15 is 4.39 Å². The molecule has 5 rings (SSSR count). The molecule has 1 aliphatic heterocycles. The lowest BCUT2D eigenvalue weighted by molar-refractivity contribution is 0.0493. The summed E-state index contributed by atoms with van der Waals surface area (Å²) in [4.78, 5) is 40.0. The van der Waals surface area contributed by atoms with Crippen LogP contribution < -0.4 is 21.1 Å². The first kappa shape index (κ1) is 27.3. The first-order valence-corrected chi connectivity index (χ1v) is 13.7. The molecule has 10 heteroatoms. The highest BCUT2D eigenvalue weighted by Crippen LogP contribution is 2.52. The molecule has 0 bridgehead atoms. The molecule has 2 heterocycles. The fourth-order valence-corrected chi connectivity index (χ4v) is 5.78. The number of fused-ring (bicyclic) bond motifs is 2. The maximum Gasteiger partial charge on any atom is 0.408 e. The third kappa shape index (κ3) is 5.56. The van der Waals surface area contributed by atoms with Crippen LogP contribution in [0.4, 0.5) is 19.7 Å². The zero-order chi connectivity index (χ0) is 28.5. The van der Waals surface area contributed by atoms with E-state index in [1.54, 1.807) is 25.3 Å². The number of carbonyl (C=O) groups is 2. The summed E-state index contributed by atoms with van der Waals surface area (Å²) in [6, 6.07) is 3.04. The molecule has 212 valence electrons. The van der Waals surface area contributed by atoms with Crippen molar-refractivity contribution < 1.29 is 23.5 Å². The number of carbonyl (C=O) groups excluding carboxylic acids is 2. The number of rotatable bonds is 5. The zero-order valence-electron chi connectivity index (χ0n) is 23.9. The summed E-state index contributed by atoms with van der Waals surface area (Å²) in [5, 5.41) is 6.33. The molecular formula is C29H39FN4O5. The summed E-state index contributed by atoms with van der Waals surface area (Å²) in [6.45, 7) is 13.7. The van der Waals surface area contributed by atoms with Gasteiger partial charge in [0.15, 0.2) is 0 Å². The second-order valence-corrected chi connectivity index (χ2v) is 13.3. The molecule has 9 nitrogen and oxygen atoms in total. The fourth-order valence-electron chi connectivity index (χ4n) is 5.78. The van der Waals surface area contributed by atoms with E-state index in [-0.39, 0.29) is 24.1 Å².